The minimum atomic E-state index is -0.0595. The van der Waals surface area contributed by atoms with Crippen molar-refractivity contribution < 1.29 is 4.74 Å². The normalized spacial score (nSPS) is 18.0. The molecular weight excluding hydrogens is 414 g/mol. The van der Waals surface area contributed by atoms with Crippen LogP contribution in [-0.4, -0.2) is 39.3 Å². The van der Waals surface area contributed by atoms with Crippen molar-refractivity contribution in [2.75, 3.05) is 25.1 Å². The minimum Gasteiger partial charge on any atom is -0.381 e. The van der Waals surface area contributed by atoms with E-state index in [2.05, 4.69) is 10.3 Å². The molecule has 4 heterocycles. The van der Waals surface area contributed by atoms with Crippen molar-refractivity contribution in [3.8, 4) is 11.3 Å². The first kappa shape index (κ1) is 22.0. The third-order valence-corrected chi connectivity index (χ3v) is 7.05. The van der Waals surface area contributed by atoms with Gasteiger partial charge in [-0.15, -0.1) is 0 Å². The molecule has 1 N–H and O–H groups in total. The maximum absolute atomic E-state index is 13.6. The van der Waals surface area contributed by atoms with Crippen LogP contribution < -0.4 is 10.9 Å². The highest BCUT2D eigenvalue weighted by Crippen LogP contribution is 2.27. The first-order valence-electron chi connectivity index (χ1n) is 12.3. The summed E-state index contributed by atoms with van der Waals surface area (Å²) in [6.45, 7) is 5.02. The maximum atomic E-state index is 13.6. The molecule has 0 amide bonds. The van der Waals surface area contributed by atoms with E-state index in [0.717, 1.165) is 55.1 Å². The lowest BCUT2D eigenvalue weighted by Crippen LogP contribution is -2.31. The Bertz CT molecular complexity index is 1160. The first-order chi connectivity index (χ1) is 16.2. The van der Waals surface area contributed by atoms with Gasteiger partial charge in [0.25, 0.3) is 5.56 Å². The van der Waals surface area contributed by atoms with Crippen molar-refractivity contribution in [2.45, 2.75) is 58.4 Å². The van der Waals surface area contributed by atoms with E-state index in [9.17, 15) is 4.79 Å². The SMILES string of the molecule is Cc1cc(-c2ccc3nc(NCC4CCOCC4)c(=O)n(CC4CCCCC4)c3n2)ccn1. The van der Waals surface area contributed by atoms with Gasteiger partial charge in [0.2, 0.25) is 0 Å². The van der Waals surface area contributed by atoms with Crippen LogP contribution in [0.4, 0.5) is 5.82 Å². The molecule has 0 bridgehead atoms. The molecule has 0 unspecified atom stereocenters. The van der Waals surface area contributed by atoms with Gasteiger partial charge in [-0.3, -0.25) is 14.3 Å². The summed E-state index contributed by atoms with van der Waals surface area (Å²) in [5, 5.41) is 3.37. The molecule has 174 valence electrons. The van der Waals surface area contributed by atoms with Gasteiger partial charge in [0.15, 0.2) is 11.5 Å². The molecule has 1 saturated heterocycles. The maximum Gasteiger partial charge on any atom is 0.294 e. The first-order valence-corrected chi connectivity index (χ1v) is 12.3. The van der Waals surface area contributed by atoms with Crippen molar-refractivity contribution in [1.82, 2.24) is 19.5 Å². The number of nitrogens with one attached hydrogen (secondary N) is 1. The summed E-state index contributed by atoms with van der Waals surface area (Å²) >= 11 is 0. The van der Waals surface area contributed by atoms with E-state index in [4.69, 9.17) is 14.7 Å². The van der Waals surface area contributed by atoms with Crippen LogP contribution in [0.15, 0.2) is 35.3 Å². The topological polar surface area (TPSA) is 81.9 Å². The highest BCUT2D eigenvalue weighted by atomic mass is 16.5. The molecular formula is C26H33N5O2. The predicted molar refractivity (Wildman–Crippen MR) is 130 cm³/mol. The second-order valence-corrected chi connectivity index (χ2v) is 9.54. The zero-order valence-corrected chi connectivity index (χ0v) is 19.4. The second kappa shape index (κ2) is 10.00. The van der Waals surface area contributed by atoms with Crippen molar-refractivity contribution in [3.63, 3.8) is 0 Å². The van der Waals surface area contributed by atoms with E-state index in [1.54, 1.807) is 6.20 Å². The van der Waals surface area contributed by atoms with Gasteiger partial charge < -0.3 is 10.1 Å². The van der Waals surface area contributed by atoms with Crippen LogP contribution in [0.2, 0.25) is 0 Å². The molecule has 3 aromatic heterocycles. The lowest BCUT2D eigenvalue weighted by Gasteiger charge is -2.24. The van der Waals surface area contributed by atoms with Crippen molar-refractivity contribution in [1.29, 1.82) is 0 Å². The van der Waals surface area contributed by atoms with Gasteiger partial charge in [-0.2, -0.15) is 0 Å². The highest BCUT2D eigenvalue weighted by Gasteiger charge is 2.20. The Hall–Kier alpha value is -2.80. The molecule has 0 atom stereocenters. The molecule has 7 heteroatoms. The van der Waals surface area contributed by atoms with Gasteiger partial charge in [-0.25, -0.2) is 9.97 Å². The summed E-state index contributed by atoms with van der Waals surface area (Å²) in [5.41, 5.74) is 4.16. The van der Waals surface area contributed by atoms with E-state index in [1.807, 2.05) is 35.8 Å². The van der Waals surface area contributed by atoms with Crippen LogP contribution >= 0.6 is 0 Å². The van der Waals surface area contributed by atoms with Crippen LogP contribution in [0, 0.1) is 18.8 Å². The number of hydrogen-bond acceptors (Lipinski definition) is 6. The summed E-state index contributed by atoms with van der Waals surface area (Å²) in [5.74, 6) is 1.47. The summed E-state index contributed by atoms with van der Waals surface area (Å²) in [7, 11) is 0. The van der Waals surface area contributed by atoms with Crippen molar-refractivity contribution >= 4 is 17.0 Å². The van der Waals surface area contributed by atoms with Crippen LogP contribution in [0.3, 0.4) is 0 Å². The van der Waals surface area contributed by atoms with E-state index < -0.39 is 0 Å². The number of fused-ring (bicyclic) bond motifs is 1. The molecule has 0 spiro atoms. The lowest BCUT2D eigenvalue weighted by molar-refractivity contribution is 0.0699. The van der Waals surface area contributed by atoms with Crippen LogP contribution in [0.25, 0.3) is 22.4 Å². The molecule has 0 aromatic carbocycles. The van der Waals surface area contributed by atoms with Gasteiger partial charge in [0.1, 0.15) is 5.52 Å². The van der Waals surface area contributed by atoms with Gasteiger partial charge in [-0.1, -0.05) is 19.3 Å². The largest absolute Gasteiger partial charge is 0.381 e. The fourth-order valence-corrected chi connectivity index (χ4v) is 5.09. The summed E-state index contributed by atoms with van der Waals surface area (Å²) < 4.78 is 7.35. The number of hydrogen-bond donors (Lipinski definition) is 1. The minimum absolute atomic E-state index is 0.0595. The Morgan fingerprint density at radius 3 is 2.64 bits per heavy atom. The van der Waals surface area contributed by atoms with Crippen LogP contribution in [0.1, 0.15) is 50.6 Å². The summed E-state index contributed by atoms with van der Waals surface area (Å²) in [4.78, 5) is 27.5. The standard InChI is InChI=1S/C26H33N5O2/c1-18-15-21(9-12-27-18)22-7-8-23-25(30-22)31(17-20-5-3-2-4-6-20)26(32)24(29-23)28-16-19-10-13-33-14-11-19/h7-9,12,15,19-20H,2-6,10-11,13-14,16-17H2,1H3,(H,28,29). The smallest absolute Gasteiger partial charge is 0.294 e. The van der Waals surface area contributed by atoms with E-state index in [1.165, 1.54) is 32.1 Å². The quantitative estimate of drug-likeness (QED) is 0.596. The number of ether oxygens (including phenoxy) is 1. The Morgan fingerprint density at radius 2 is 1.85 bits per heavy atom. The summed E-state index contributed by atoms with van der Waals surface area (Å²) in [6, 6.07) is 7.96. The molecule has 2 fully saturated rings. The Kier molecular flexibility index (Phi) is 6.67. The Labute approximate surface area is 194 Å². The van der Waals surface area contributed by atoms with E-state index >= 15 is 0 Å². The third-order valence-electron chi connectivity index (χ3n) is 7.05. The second-order valence-electron chi connectivity index (χ2n) is 9.54. The number of aromatic nitrogens is 4. The monoisotopic (exact) mass is 447 g/mol. The Balaban J connectivity index is 1.52. The third kappa shape index (κ3) is 5.08. The van der Waals surface area contributed by atoms with Gasteiger partial charge in [-0.05, 0) is 68.7 Å². The molecule has 3 aromatic rings. The predicted octanol–water partition coefficient (Wildman–Crippen LogP) is 4.58. The van der Waals surface area contributed by atoms with Crippen LogP contribution in [-0.2, 0) is 11.3 Å². The van der Waals surface area contributed by atoms with E-state index in [0.29, 0.717) is 29.8 Å². The molecule has 1 saturated carbocycles. The molecule has 5 rings (SSSR count). The number of rotatable bonds is 6. The number of anilines is 1. The number of nitrogens with zero attached hydrogens (tertiary/aromatic N) is 4. The molecule has 1 aliphatic carbocycles. The summed E-state index contributed by atoms with van der Waals surface area (Å²) in [6.07, 6.45) is 9.96. The lowest BCUT2D eigenvalue weighted by atomic mass is 9.89. The molecule has 0 radical (unpaired) electrons. The average Bonchev–Trinajstić information content (AvgIpc) is 2.86. The Morgan fingerprint density at radius 1 is 1.03 bits per heavy atom. The van der Waals surface area contributed by atoms with E-state index in [-0.39, 0.29) is 5.56 Å². The number of aryl methyl sites for hydroxylation is 1. The zero-order chi connectivity index (χ0) is 22.6. The molecule has 33 heavy (non-hydrogen) atoms. The van der Waals surface area contributed by atoms with Gasteiger partial charge >= 0.3 is 0 Å². The average molecular weight is 448 g/mol. The fourth-order valence-electron chi connectivity index (χ4n) is 5.09. The molecule has 1 aliphatic heterocycles. The van der Waals surface area contributed by atoms with Crippen molar-refractivity contribution in [2.24, 2.45) is 11.8 Å². The fraction of sp³-hybridized carbons (Fsp3) is 0.538. The molecule has 7 nitrogen and oxygen atoms in total. The van der Waals surface area contributed by atoms with Crippen molar-refractivity contribution in [3.05, 3.63) is 46.5 Å². The highest BCUT2D eigenvalue weighted by molar-refractivity contribution is 5.76. The zero-order valence-electron chi connectivity index (χ0n) is 19.4. The van der Waals surface area contributed by atoms with Gasteiger partial charge in [0.05, 0.1) is 5.69 Å². The molecule has 2 aliphatic rings. The number of pyridine rings is 2. The van der Waals surface area contributed by atoms with Gasteiger partial charge in [0, 0.05) is 43.8 Å². The van der Waals surface area contributed by atoms with Crippen LogP contribution in [0.5, 0.6) is 0 Å².